The van der Waals surface area contributed by atoms with Crippen LogP contribution in [0.25, 0.3) is 11.1 Å². The zero-order valence-corrected chi connectivity index (χ0v) is 11.3. The summed E-state index contributed by atoms with van der Waals surface area (Å²) in [6.45, 7) is 2.98. The van der Waals surface area contributed by atoms with Crippen LogP contribution in [0.2, 0.25) is 0 Å². The second-order valence-corrected chi connectivity index (χ2v) is 4.66. The maximum absolute atomic E-state index is 12.6. The average molecular weight is 295 g/mol. The van der Waals surface area contributed by atoms with Crippen molar-refractivity contribution in [2.45, 2.75) is 20.0 Å². The number of hydrogen-bond acceptors (Lipinski definition) is 2. The number of H-pyrrole nitrogens is 1. The van der Waals surface area contributed by atoms with Gasteiger partial charge in [-0.3, -0.25) is 9.59 Å². The number of carbonyl (C=O) groups excluding carboxylic acids is 2. The number of ketones is 1. The van der Waals surface area contributed by atoms with E-state index >= 15 is 0 Å². The fourth-order valence-electron chi connectivity index (χ4n) is 2.30. The summed E-state index contributed by atoms with van der Waals surface area (Å²) < 4.78 is 37.7. The van der Waals surface area contributed by atoms with Crippen molar-refractivity contribution in [1.29, 1.82) is 0 Å². The molecule has 2 aromatic rings. The molecular weight excluding hydrogens is 283 g/mol. The van der Waals surface area contributed by atoms with Crippen LogP contribution in [0.5, 0.6) is 0 Å². The SMILES string of the molecule is CC(=O)c1c(C)[nH]c(C=O)c1-c1ccc(C(F)(F)F)cc1. The molecule has 0 aliphatic rings. The van der Waals surface area contributed by atoms with Gasteiger partial charge in [0.1, 0.15) is 0 Å². The fraction of sp³-hybridized carbons (Fsp3) is 0.200. The minimum atomic E-state index is -4.43. The number of aromatic amines is 1. The molecule has 0 radical (unpaired) electrons. The third-order valence-corrected chi connectivity index (χ3v) is 3.19. The van der Waals surface area contributed by atoms with Crippen molar-refractivity contribution in [2.75, 3.05) is 0 Å². The Kier molecular flexibility index (Phi) is 3.72. The second-order valence-electron chi connectivity index (χ2n) is 4.66. The number of benzene rings is 1. The summed E-state index contributed by atoms with van der Waals surface area (Å²) in [6, 6.07) is 4.36. The molecule has 0 aliphatic carbocycles. The van der Waals surface area contributed by atoms with Gasteiger partial charge < -0.3 is 4.98 Å². The maximum atomic E-state index is 12.6. The normalized spacial score (nSPS) is 11.5. The molecule has 0 fully saturated rings. The predicted molar refractivity (Wildman–Crippen MR) is 71.4 cm³/mol. The molecule has 0 spiro atoms. The Morgan fingerprint density at radius 3 is 2.19 bits per heavy atom. The largest absolute Gasteiger partial charge is 0.416 e. The first-order valence-electron chi connectivity index (χ1n) is 6.12. The van der Waals surface area contributed by atoms with Gasteiger partial charge in [-0.15, -0.1) is 0 Å². The average Bonchev–Trinajstić information content (AvgIpc) is 2.74. The number of aldehydes is 1. The van der Waals surface area contributed by atoms with Crippen molar-refractivity contribution in [3.8, 4) is 11.1 Å². The highest BCUT2D eigenvalue weighted by atomic mass is 19.4. The molecule has 0 bridgehead atoms. The first kappa shape index (κ1) is 15.0. The summed E-state index contributed by atoms with van der Waals surface area (Å²) in [5, 5.41) is 0. The quantitative estimate of drug-likeness (QED) is 0.686. The van der Waals surface area contributed by atoms with Crippen LogP contribution in [-0.2, 0) is 6.18 Å². The van der Waals surface area contributed by atoms with Crippen LogP contribution in [0.15, 0.2) is 24.3 Å². The summed E-state index contributed by atoms with van der Waals surface area (Å²) in [7, 11) is 0. The summed E-state index contributed by atoms with van der Waals surface area (Å²) in [5.74, 6) is -0.258. The summed E-state index contributed by atoms with van der Waals surface area (Å²) in [4.78, 5) is 25.6. The van der Waals surface area contributed by atoms with Gasteiger partial charge in [0.2, 0.25) is 0 Å². The Balaban J connectivity index is 2.61. The molecule has 1 aromatic heterocycles. The highest BCUT2D eigenvalue weighted by Gasteiger charge is 2.30. The number of aromatic nitrogens is 1. The Bertz CT molecular complexity index is 697. The van der Waals surface area contributed by atoms with E-state index in [1.165, 1.54) is 19.1 Å². The predicted octanol–water partition coefficient (Wildman–Crippen LogP) is 4.02. The van der Waals surface area contributed by atoms with Gasteiger partial charge in [0.05, 0.1) is 11.3 Å². The number of Topliss-reactive ketones (excluding diaryl/α,β-unsaturated/α-hetero) is 1. The van der Waals surface area contributed by atoms with Gasteiger partial charge >= 0.3 is 6.18 Å². The molecule has 0 saturated heterocycles. The third kappa shape index (κ3) is 2.74. The van der Waals surface area contributed by atoms with Crippen LogP contribution < -0.4 is 0 Å². The number of nitrogens with one attached hydrogen (secondary N) is 1. The van der Waals surface area contributed by atoms with Crippen molar-refractivity contribution in [3.63, 3.8) is 0 Å². The molecule has 0 aliphatic heterocycles. The lowest BCUT2D eigenvalue weighted by Gasteiger charge is -2.08. The number of carbonyl (C=O) groups is 2. The zero-order chi connectivity index (χ0) is 15.8. The second kappa shape index (κ2) is 5.20. The number of halogens is 3. The molecule has 6 heteroatoms. The molecule has 1 N–H and O–H groups in total. The molecule has 1 aromatic carbocycles. The maximum Gasteiger partial charge on any atom is 0.416 e. The Morgan fingerprint density at radius 2 is 1.76 bits per heavy atom. The highest BCUT2D eigenvalue weighted by Crippen LogP contribution is 2.34. The minimum Gasteiger partial charge on any atom is -0.355 e. The van der Waals surface area contributed by atoms with Gasteiger partial charge in [-0.1, -0.05) is 12.1 Å². The molecule has 0 saturated carbocycles. The van der Waals surface area contributed by atoms with Crippen molar-refractivity contribution < 1.29 is 22.8 Å². The fourth-order valence-corrected chi connectivity index (χ4v) is 2.30. The number of aryl methyl sites for hydroxylation is 1. The van der Waals surface area contributed by atoms with Gasteiger partial charge in [0.15, 0.2) is 12.1 Å². The van der Waals surface area contributed by atoms with Crippen molar-refractivity contribution >= 4 is 12.1 Å². The smallest absolute Gasteiger partial charge is 0.355 e. The highest BCUT2D eigenvalue weighted by molar-refractivity contribution is 6.06. The molecule has 110 valence electrons. The number of hydrogen-bond donors (Lipinski definition) is 1. The van der Waals surface area contributed by atoms with Crippen LogP contribution >= 0.6 is 0 Å². The van der Waals surface area contributed by atoms with E-state index in [4.69, 9.17) is 0 Å². The molecule has 0 atom stereocenters. The first-order valence-corrected chi connectivity index (χ1v) is 6.12. The number of alkyl halides is 3. The van der Waals surface area contributed by atoms with Gasteiger partial charge in [-0.05, 0) is 31.5 Å². The van der Waals surface area contributed by atoms with E-state index in [0.717, 1.165) is 12.1 Å². The van der Waals surface area contributed by atoms with Crippen LogP contribution in [0, 0.1) is 6.92 Å². The Labute approximate surface area is 118 Å². The molecule has 0 unspecified atom stereocenters. The third-order valence-electron chi connectivity index (χ3n) is 3.19. The lowest BCUT2D eigenvalue weighted by atomic mass is 9.97. The monoisotopic (exact) mass is 295 g/mol. The summed E-state index contributed by atoms with van der Waals surface area (Å²) >= 11 is 0. The topological polar surface area (TPSA) is 49.9 Å². The number of rotatable bonds is 3. The van der Waals surface area contributed by atoms with E-state index in [0.29, 0.717) is 28.7 Å². The molecular formula is C15H12F3NO2. The van der Waals surface area contributed by atoms with Crippen LogP contribution in [0.3, 0.4) is 0 Å². The molecule has 3 nitrogen and oxygen atoms in total. The van der Waals surface area contributed by atoms with E-state index in [-0.39, 0.29) is 11.5 Å². The van der Waals surface area contributed by atoms with Crippen molar-refractivity contribution in [1.82, 2.24) is 4.98 Å². The van der Waals surface area contributed by atoms with Crippen molar-refractivity contribution in [3.05, 3.63) is 46.8 Å². The van der Waals surface area contributed by atoms with Crippen LogP contribution in [0.1, 0.15) is 39.0 Å². The van der Waals surface area contributed by atoms with Gasteiger partial charge in [-0.2, -0.15) is 13.2 Å². The summed E-state index contributed by atoms with van der Waals surface area (Å²) in [5.41, 5.74) is 0.952. The molecule has 2 rings (SSSR count). The van der Waals surface area contributed by atoms with Gasteiger partial charge in [0, 0.05) is 16.8 Å². The van der Waals surface area contributed by atoms with Crippen LogP contribution in [-0.4, -0.2) is 17.1 Å². The van der Waals surface area contributed by atoms with Gasteiger partial charge in [0.25, 0.3) is 0 Å². The summed E-state index contributed by atoms with van der Waals surface area (Å²) in [6.07, 6.45) is -3.88. The Hall–Kier alpha value is -2.37. The van der Waals surface area contributed by atoms with E-state index in [9.17, 15) is 22.8 Å². The Morgan fingerprint density at radius 1 is 1.19 bits per heavy atom. The van der Waals surface area contributed by atoms with Crippen molar-refractivity contribution in [2.24, 2.45) is 0 Å². The molecule has 1 heterocycles. The van der Waals surface area contributed by atoms with Gasteiger partial charge in [-0.25, -0.2) is 0 Å². The zero-order valence-electron chi connectivity index (χ0n) is 11.3. The minimum absolute atomic E-state index is 0.178. The van der Waals surface area contributed by atoms with E-state index < -0.39 is 11.7 Å². The van der Waals surface area contributed by atoms with E-state index in [2.05, 4.69) is 4.98 Å². The molecule has 21 heavy (non-hydrogen) atoms. The first-order chi connectivity index (χ1) is 9.75. The van der Waals surface area contributed by atoms with E-state index in [1.54, 1.807) is 6.92 Å². The molecule has 0 amide bonds. The standard InChI is InChI=1S/C15H12F3NO2/c1-8-13(9(2)21)14(12(7-20)19-8)10-3-5-11(6-4-10)15(16,17)18/h3-7,19H,1-2H3. The lowest BCUT2D eigenvalue weighted by molar-refractivity contribution is -0.137. The lowest BCUT2D eigenvalue weighted by Crippen LogP contribution is -2.04. The van der Waals surface area contributed by atoms with E-state index in [1.807, 2.05) is 0 Å². The van der Waals surface area contributed by atoms with Crippen LogP contribution in [0.4, 0.5) is 13.2 Å².